The smallest absolute Gasteiger partial charge is 0.0542 e. The lowest BCUT2D eigenvalue weighted by Gasteiger charge is -2.16. The van der Waals surface area contributed by atoms with Gasteiger partial charge in [0.05, 0.1) is 22.1 Å². The Hall–Kier alpha value is -8.20. The zero-order valence-corrected chi connectivity index (χ0v) is 34.0. The van der Waals surface area contributed by atoms with Gasteiger partial charge in [-0.2, -0.15) is 0 Å². The largest absolute Gasteiger partial charge is 0.309 e. The zero-order valence-electron chi connectivity index (χ0n) is 34.0. The molecule has 0 N–H and O–H groups in total. The molecule has 0 unspecified atom stereocenters. The second-order valence-electron chi connectivity index (χ2n) is 16.2. The van der Waals surface area contributed by atoms with Gasteiger partial charge in [0.25, 0.3) is 0 Å². The molecule has 290 valence electrons. The second kappa shape index (κ2) is 14.8. The molecule has 0 aliphatic carbocycles. The zero-order chi connectivity index (χ0) is 41.0. The van der Waals surface area contributed by atoms with Crippen LogP contribution in [0.4, 0.5) is 0 Å². The van der Waals surface area contributed by atoms with Crippen molar-refractivity contribution in [2.24, 2.45) is 0 Å². The van der Waals surface area contributed by atoms with Gasteiger partial charge >= 0.3 is 0 Å². The highest BCUT2D eigenvalue weighted by Crippen LogP contribution is 2.41. The Morgan fingerprint density at radius 1 is 0.177 bits per heavy atom. The van der Waals surface area contributed by atoms with Gasteiger partial charge in [-0.25, -0.2) is 0 Å². The number of para-hydroxylation sites is 3. The summed E-state index contributed by atoms with van der Waals surface area (Å²) in [5.74, 6) is 0. The summed E-state index contributed by atoms with van der Waals surface area (Å²) in [6.07, 6.45) is 0. The van der Waals surface area contributed by atoms with Gasteiger partial charge in [-0.1, -0.05) is 170 Å². The Kier molecular flexibility index (Phi) is 8.53. The first-order chi connectivity index (χ1) is 30.7. The summed E-state index contributed by atoms with van der Waals surface area (Å²) < 4.78 is 4.88. The number of nitrogens with zero attached hydrogens (tertiary/aromatic N) is 2. The maximum absolute atomic E-state index is 2.46. The monoisotopic (exact) mass is 788 g/mol. The van der Waals surface area contributed by atoms with Crippen LogP contribution in [0.1, 0.15) is 0 Å². The third-order valence-electron chi connectivity index (χ3n) is 12.5. The van der Waals surface area contributed by atoms with Crippen LogP contribution < -0.4 is 0 Å². The minimum absolute atomic E-state index is 1.12. The molecule has 62 heavy (non-hydrogen) atoms. The lowest BCUT2D eigenvalue weighted by Crippen LogP contribution is -1.97. The maximum atomic E-state index is 2.46. The van der Waals surface area contributed by atoms with Crippen LogP contribution in [0.25, 0.3) is 111 Å². The van der Waals surface area contributed by atoms with Crippen LogP contribution in [0.15, 0.2) is 243 Å². The molecule has 2 heteroatoms. The normalized spacial score (nSPS) is 11.5. The van der Waals surface area contributed by atoms with Crippen LogP contribution in [0.2, 0.25) is 0 Å². The predicted octanol–water partition coefficient (Wildman–Crippen LogP) is 16.2. The molecule has 0 aliphatic heterocycles. The van der Waals surface area contributed by atoms with Crippen molar-refractivity contribution in [1.82, 2.24) is 9.13 Å². The summed E-state index contributed by atoms with van der Waals surface area (Å²) in [5, 5.41) is 4.97. The van der Waals surface area contributed by atoms with E-state index in [0.29, 0.717) is 0 Å². The van der Waals surface area contributed by atoms with Crippen molar-refractivity contribution in [3.8, 4) is 67.0 Å². The van der Waals surface area contributed by atoms with Crippen molar-refractivity contribution < 1.29 is 0 Å². The number of benzene rings is 10. The standard InChI is InChI=1S/C60H40N2/c1-4-16-41(17-5-1)44-28-30-45(31-29-44)49-37-50(48-35-46(42-18-6-2-7-19-42)34-47(36-48)43-20-8-3-9-21-43)39-52(38-49)62-59-27-15-12-24-55(59)56-40-51(32-33-60(56)62)61-57-25-13-10-22-53(57)54-23-11-14-26-58(54)61/h1-40H. The molecule has 12 rings (SSSR count). The summed E-state index contributed by atoms with van der Waals surface area (Å²) in [6, 6.07) is 88.6. The van der Waals surface area contributed by atoms with E-state index in [1.54, 1.807) is 0 Å². The van der Waals surface area contributed by atoms with Crippen LogP contribution in [0.5, 0.6) is 0 Å². The number of aromatic nitrogens is 2. The average molecular weight is 789 g/mol. The van der Waals surface area contributed by atoms with Crippen molar-refractivity contribution >= 4 is 43.6 Å². The van der Waals surface area contributed by atoms with E-state index in [-0.39, 0.29) is 0 Å². The molecule has 2 heterocycles. The summed E-state index contributed by atoms with van der Waals surface area (Å²) in [7, 11) is 0. The average Bonchev–Trinajstić information content (AvgIpc) is 3.87. The summed E-state index contributed by atoms with van der Waals surface area (Å²) in [4.78, 5) is 0. The van der Waals surface area contributed by atoms with Crippen LogP contribution in [0, 0.1) is 0 Å². The van der Waals surface area contributed by atoms with Gasteiger partial charge in [-0.05, 0) is 128 Å². The quantitative estimate of drug-likeness (QED) is 0.152. The van der Waals surface area contributed by atoms with Gasteiger partial charge in [0.15, 0.2) is 0 Å². The van der Waals surface area contributed by atoms with E-state index in [4.69, 9.17) is 0 Å². The fourth-order valence-electron chi connectivity index (χ4n) is 9.53. The number of rotatable bonds is 7. The van der Waals surface area contributed by atoms with Gasteiger partial charge in [0.1, 0.15) is 0 Å². The van der Waals surface area contributed by atoms with E-state index < -0.39 is 0 Å². The molecule has 0 spiro atoms. The third-order valence-corrected chi connectivity index (χ3v) is 12.5. The molecule has 0 aliphatic rings. The molecular weight excluding hydrogens is 749 g/mol. The van der Waals surface area contributed by atoms with E-state index in [0.717, 1.165) is 22.5 Å². The van der Waals surface area contributed by atoms with Gasteiger partial charge in [-0.3, -0.25) is 0 Å². The highest BCUT2D eigenvalue weighted by Gasteiger charge is 2.18. The van der Waals surface area contributed by atoms with E-state index in [1.165, 1.54) is 88.1 Å². The van der Waals surface area contributed by atoms with Crippen LogP contribution in [0.3, 0.4) is 0 Å². The van der Waals surface area contributed by atoms with E-state index in [1.807, 2.05) is 0 Å². The van der Waals surface area contributed by atoms with Crippen LogP contribution >= 0.6 is 0 Å². The summed E-state index contributed by atoms with van der Waals surface area (Å²) in [5.41, 5.74) is 18.9. The van der Waals surface area contributed by atoms with Crippen LogP contribution in [-0.2, 0) is 0 Å². The number of hydrogen-bond donors (Lipinski definition) is 0. The van der Waals surface area contributed by atoms with Gasteiger partial charge in [0, 0.05) is 32.9 Å². The van der Waals surface area contributed by atoms with E-state index in [2.05, 4.69) is 252 Å². The molecule has 2 nitrogen and oxygen atoms in total. The van der Waals surface area contributed by atoms with Crippen molar-refractivity contribution in [2.75, 3.05) is 0 Å². The minimum atomic E-state index is 1.12. The van der Waals surface area contributed by atoms with Gasteiger partial charge in [-0.15, -0.1) is 0 Å². The summed E-state index contributed by atoms with van der Waals surface area (Å²) in [6.45, 7) is 0. The molecule has 0 atom stereocenters. The Labute approximate surface area is 360 Å². The lowest BCUT2D eigenvalue weighted by molar-refractivity contribution is 1.17. The molecule has 0 saturated carbocycles. The molecule has 0 saturated heterocycles. The Bertz CT molecular complexity index is 3480. The summed E-state index contributed by atoms with van der Waals surface area (Å²) >= 11 is 0. The first-order valence-corrected chi connectivity index (χ1v) is 21.3. The van der Waals surface area contributed by atoms with E-state index >= 15 is 0 Å². The minimum Gasteiger partial charge on any atom is -0.309 e. The molecule has 0 bridgehead atoms. The fraction of sp³-hybridized carbons (Fsp3) is 0. The van der Waals surface area contributed by atoms with Gasteiger partial charge in [0.2, 0.25) is 0 Å². The Morgan fingerprint density at radius 2 is 0.484 bits per heavy atom. The van der Waals surface area contributed by atoms with E-state index in [9.17, 15) is 0 Å². The third kappa shape index (κ3) is 6.12. The van der Waals surface area contributed by atoms with Crippen LogP contribution in [-0.4, -0.2) is 9.13 Å². The number of fused-ring (bicyclic) bond motifs is 6. The van der Waals surface area contributed by atoms with Gasteiger partial charge < -0.3 is 9.13 Å². The first-order valence-electron chi connectivity index (χ1n) is 21.3. The van der Waals surface area contributed by atoms with Crippen molar-refractivity contribution in [3.05, 3.63) is 243 Å². The SMILES string of the molecule is c1ccc(-c2ccc(-c3cc(-c4cc(-c5ccccc5)cc(-c5ccccc5)c4)cc(-n4c5ccccc5c5cc(-n6c7ccccc7c7ccccc76)ccc54)c3)cc2)cc1. The van der Waals surface area contributed by atoms with Crippen molar-refractivity contribution in [1.29, 1.82) is 0 Å². The molecule has 12 aromatic rings. The highest BCUT2D eigenvalue weighted by molar-refractivity contribution is 6.12. The molecule has 0 fully saturated rings. The molecular formula is C60H40N2. The fourth-order valence-corrected chi connectivity index (χ4v) is 9.53. The predicted molar refractivity (Wildman–Crippen MR) is 262 cm³/mol. The molecule has 0 radical (unpaired) electrons. The number of hydrogen-bond acceptors (Lipinski definition) is 0. The Morgan fingerprint density at radius 3 is 0.968 bits per heavy atom. The molecule has 2 aromatic heterocycles. The maximum Gasteiger partial charge on any atom is 0.0542 e. The van der Waals surface area contributed by atoms with Crippen molar-refractivity contribution in [3.63, 3.8) is 0 Å². The Balaban J connectivity index is 1.09. The topological polar surface area (TPSA) is 9.86 Å². The first kappa shape index (κ1) is 35.7. The molecule has 0 amide bonds. The van der Waals surface area contributed by atoms with Crippen molar-refractivity contribution in [2.45, 2.75) is 0 Å². The second-order valence-corrected chi connectivity index (χ2v) is 16.2. The highest BCUT2D eigenvalue weighted by atomic mass is 15.0. The lowest BCUT2D eigenvalue weighted by atomic mass is 9.91. The molecule has 10 aromatic carbocycles.